The van der Waals surface area contributed by atoms with Crippen LogP contribution in [0.25, 0.3) is 0 Å². The highest BCUT2D eigenvalue weighted by Gasteiger charge is 2.34. The maximum atomic E-state index is 13.1. The number of hydrogen-bond donors (Lipinski definition) is 1. The Balaban J connectivity index is 1.35. The van der Waals surface area contributed by atoms with Gasteiger partial charge in [-0.1, -0.05) is 19.3 Å². The van der Waals surface area contributed by atoms with Crippen LogP contribution >= 0.6 is 11.3 Å². The van der Waals surface area contributed by atoms with Crippen LogP contribution in [0.4, 0.5) is 0 Å². The van der Waals surface area contributed by atoms with Gasteiger partial charge in [-0.2, -0.15) is 4.31 Å². The lowest BCUT2D eigenvalue weighted by molar-refractivity contribution is -0.126. The van der Waals surface area contributed by atoms with Crippen molar-refractivity contribution in [1.82, 2.24) is 14.5 Å². The number of sulfonamides is 1. The van der Waals surface area contributed by atoms with Crippen LogP contribution in [0.1, 0.15) is 67.5 Å². The lowest BCUT2D eigenvalue weighted by Gasteiger charge is -2.33. The summed E-state index contributed by atoms with van der Waals surface area (Å²) in [6, 6.07) is 1.66. The van der Waals surface area contributed by atoms with Crippen molar-refractivity contribution >= 4 is 33.2 Å². The Morgan fingerprint density at radius 3 is 2.27 bits per heavy atom. The Hall–Kier alpha value is -1.45. The van der Waals surface area contributed by atoms with Gasteiger partial charge in [0.25, 0.3) is 5.91 Å². The van der Waals surface area contributed by atoms with Gasteiger partial charge in [-0.15, -0.1) is 11.3 Å². The summed E-state index contributed by atoms with van der Waals surface area (Å²) in [5.74, 6) is 0.0967. The molecule has 0 aromatic carbocycles. The number of nitrogens with one attached hydrogen (secondary N) is 1. The first-order valence-corrected chi connectivity index (χ1v) is 13.5. The van der Waals surface area contributed by atoms with Crippen LogP contribution < -0.4 is 5.32 Å². The largest absolute Gasteiger partial charge is 0.353 e. The smallest absolute Gasteiger partial charge is 0.265 e. The SMILES string of the molecule is O=C(NC1CCN(C(=O)c2sccc2S(=O)(=O)N2CCCC2)CC1)C1CCCCC1. The van der Waals surface area contributed by atoms with E-state index < -0.39 is 10.0 Å². The maximum absolute atomic E-state index is 13.1. The van der Waals surface area contributed by atoms with E-state index in [4.69, 9.17) is 0 Å². The first-order chi connectivity index (χ1) is 14.5. The van der Waals surface area contributed by atoms with Crippen molar-refractivity contribution in [2.45, 2.75) is 68.7 Å². The first kappa shape index (κ1) is 21.8. The molecule has 30 heavy (non-hydrogen) atoms. The molecule has 0 radical (unpaired) electrons. The van der Waals surface area contributed by atoms with Crippen LogP contribution in [0.3, 0.4) is 0 Å². The van der Waals surface area contributed by atoms with Crippen molar-refractivity contribution in [3.05, 3.63) is 16.3 Å². The van der Waals surface area contributed by atoms with Gasteiger partial charge in [-0.3, -0.25) is 9.59 Å². The van der Waals surface area contributed by atoms with Crippen molar-refractivity contribution < 1.29 is 18.0 Å². The van der Waals surface area contributed by atoms with Gasteiger partial charge in [0, 0.05) is 38.1 Å². The van der Waals surface area contributed by atoms with Crippen LogP contribution in [0.2, 0.25) is 0 Å². The van der Waals surface area contributed by atoms with Crippen LogP contribution in [0.15, 0.2) is 16.3 Å². The Kier molecular flexibility index (Phi) is 6.79. The summed E-state index contributed by atoms with van der Waals surface area (Å²) in [4.78, 5) is 27.8. The molecular weight excluding hydrogens is 422 g/mol. The monoisotopic (exact) mass is 453 g/mol. The molecule has 0 atom stereocenters. The molecule has 1 N–H and O–H groups in total. The molecular formula is C21H31N3O4S2. The third-order valence-corrected chi connectivity index (χ3v) is 9.58. The lowest BCUT2D eigenvalue weighted by Crippen LogP contribution is -2.48. The van der Waals surface area contributed by atoms with E-state index in [1.165, 1.54) is 22.1 Å². The fourth-order valence-electron chi connectivity index (χ4n) is 4.78. The van der Waals surface area contributed by atoms with E-state index in [-0.39, 0.29) is 28.7 Å². The summed E-state index contributed by atoms with van der Waals surface area (Å²) in [5, 5.41) is 4.87. The second-order valence-electron chi connectivity index (χ2n) is 8.64. The zero-order chi connectivity index (χ0) is 21.1. The van der Waals surface area contributed by atoms with Gasteiger partial charge >= 0.3 is 0 Å². The normalized spacial score (nSPS) is 22.3. The van der Waals surface area contributed by atoms with Crippen molar-refractivity contribution in [3.8, 4) is 0 Å². The molecule has 0 spiro atoms. The Bertz CT molecular complexity index is 863. The van der Waals surface area contributed by atoms with Crippen molar-refractivity contribution in [2.24, 2.45) is 5.92 Å². The van der Waals surface area contributed by atoms with E-state index in [0.29, 0.717) is 43.9 Å². The number of hydrogen-bond acceptors (Lipinski definition) is 5. The van der Waals surface area contributed by atoms with E-state index in [1.54, 1.807) is 16.3 Å². The minimum absolute atomic E-state index is 0.0969. The number of rotatable bonds is 5. The van der Waals surface area contributed by atoms with Crippen molar-refractivity contribution in [1.29, 1.82) is 0 Å². The molecule has 0 unspecified atom stereocenters. The minimum Gasteiger partial charge on any atom is -0.353 e. The van der Waals surface area contributed by atoms with E-state index in [1.807, 2.05) is 0 Å². The van der Waals surface area contributed by atoms with Gasteiger partial charge in [0.1, 0.15) is 9.77 Å². The van der Waals surface area contributed by atoms with Crippen LogP contribution in [-0.4, -0.2) is 61.7 Å². The number of carbonyl (C=O) groups excluding carboxylic acids is 2. The fourth-order valence-corrected chi connectivity index (χ4v) is 7.66. The van der Waals surface area contributed by atoms with Gasteiger partial charge < -0.3 is 10.2 Å². The van der Waals surface area contributed by atoms with E-state index >= 15 is 0 Å². The van der Waals surface area contributed by atoms with Crippen LogP contribution in [0.5, 0.6) is 0 Å². The third-order valence-electron chi connectivity index (χ3n) is 6.61. The molecule has 2 aliphatic heterocycles. The number of likely N-dealkylation sites (tertiary alicyclic amines) is 1. The Labute approximate surface area is 182 Å². The molecule has 3 fully saturated rings. The van der Waals surface area contributed by atoms with Gasteiger partial charge in [-0.25, -0.2) is 8.42 Å². The molecule has 1 aromatic rings. The number of carbonyl (C=O) groups is 2. The Morgan fingerprint density at radius 2 is 1.60 bits per heavy atom. The molecule has 0 bridgehead atoms. The highest BCUT2D eigenvalue weighted by Crippen LogP contribution is 2.30. The number of nitrogens with zero attached hydrogens (tertiary/aromatic N) is 2. The van der Waals surface area contributed by atoms with E-state index in [0.717, 1.165) is 38.5 Å². The topological polar surface area (TPSA) is 86.8 Å². The molecule has 2 saturated heterocycles. The number of thiophene rings is 1. The zero-order valence-corrected chi connectivity index (χ0v) is 19.0. The van der Waals surface area contributed by atoms with Gasteiger partial charge in [0.2, 0.25) is 15.9 Å². The quantitative estimate of drug-likeness (QED) is 0.743. The van der Waals surface area contributed by atoms with Gasteiger partial charge in [-0.05, 0) is 50.0 Å². The average molecular weight is 454 g/mol. The molecule has 166 valence electrons. The van der Waals surface area contributed by atoms with Gasteiger partial charge in [0.05, 0.1) is 0 Å². The second kappa shape index (κ2) is 9.36. The van der Waals surface area contributed by atoms with Crippen LogP contribution in [0, 0.1) is 5.92 Å². The highest BCUT2D eigenvalue weighted by molar-refractivity contribution is 7.89. The summed E-state index contributed by atoms with van der Waals surface area (Å²) in [7, 11) is -3.61. The van der Waals surface area contributed by atoms with Gasteiger partial charge in [0.15, 0.2) is 0 Å². The highest BCUT2D eigenvalue weighted by atomic mass is 32.2. The zero-order valence-electron chi connectivity index (χ0n) is 17.3. The molecule has 1 saturated carbocycles. The molecule has 1 aromatic heterocycles. The summed E-state index contributed by atoms with van der Waals surface area (Å²) < 4.78 is 27.4. The minimum atomic E-state index is -3.61. The predicted octanol–water partition coefficient (Wildman–Crippen LogP) is 2.83. The molecule has 2 amide bonds. The summed E-state index contributed by atoms with van der Waals surface area (Å²) in [6.45, 7) is 2.13. The molecule has 3 heterocycles. The number of amides is 2. The molecule has 1 aliphatic carbocycles. The average Bonchev–Trinajstić information content (AvgIpc) is 3.47. The predicted molar refractivity (Wildman–Crippen MR) is 116 cm³/mol. The summed E-state index contributed by atoms with van der Waals surface area (Å²) in [5.41, 5.74) is 0. The molecule has 4 rings (SSSR count). The summed E-state index contributed by atoms with van der Waals surface area (Å²) in [6.07, 6.45) is 8.62. The van der Waals surface area contributed by atoms with E-state index in [2.05, 4.69) is 5.32 Å². The summed E-state index contributed by atoms with van der Waals surface area (Å²) >= 11 is 1.20. The lowest BCUT2D eigenvalue weighted by atomic mass is 9.88. The molecule has 3 aliphatic rings. The second-order valence-corrected chi connectivity index (χ2v) is 11.5. The maximum Gasteiger partial charge on any atom is 0.265 e. The number of piperidine rings is 1. The molecule has 7 nitrogen and oxygen atoms in total. The van der Waals surface area contributed by atoms with E-state index in [9.17, 15) is 18.0 Å². The van der Waals surface area contributed by atoms with Crippen molar-refractivity contribution in [3.63, 3.8) is 0 Å². The Morgan fingerprint density at radius 1 is 0.933 bits per heavy atom. The standard InChI is InChI=1S/C21H31N3O4S2/c25-20(16-6-2-1-3-7-16)22-17-8-13-23(14-9-17)21(26)19-18(10-15-29-19)30(27,28)24-11-4-5-12-24/h10,15-17H,1-9,11-14H2,(H,22,25). The fraction of sp³-hybridized carbons (Fsp3) is 0.714. The third kappa shape index (κ3) is 4.57. The molecule has 9 heteroatoms. The van der Waals surface area contributed by atoms with Crippen molar-refractivity contribution in [2.75, 3.05) is 26.2 Å². The first-order valence-electron chi connectivity index (χ1n) is 11.1. The van der Waals surface area contributed by atoms with Crippen LogP contribution in [-0.2, 0) is 14.8 Å².